The smallest absolute Gasteiger partial charge is 0.378 e. The van der Waals surface area contributed by atoms with Gasteiger partial charge in [-0.1, -0.05) is 40.0 Å². The van der Waals surface area contributed by atoms with Gasteiger partial charge in [-0.15, -0.1) is 0 Å². The van der Waals surface area contributed by atoms with Crippen LogP contribution in [-0.2, 0) is 9.53 Å². The fraction of sp³-hybridized carbons (Fsp3) is 0.652. The van der Waals surface area contributed by atoms with E-state index in [-0.39, 0.29) is 11.0 Å². The first-order chi connectivity index (χ1) is 13.8. The number of carbonyl (C=O) groups is 2. The van der Waals surface area contributed by atoms with Crippen molar-refractivity contribution >= 4 is 11.9 Å². The molecular formula is C23H32F2O5. The van der Waals surface area contributed by atoms with Crippen LogP contribution in [0.4, 0.5) is 8.78 Å². The van der Waals surface area contributed by atoms with Gasteiger partial charge in [-0.2, -0.15) is 8.78 Å². The Morgan fingerprint density at radius 3 is 2.00 bits per heavy atom. The van der Waals surface area contributed by atoms with Gasteiger partial charge in [-0.05, 0) is 51.0 Å². The predicted molar refractivity (Wildman–Crippen MR) is 109 cm³/mol. The van der Waals surface area contributed by atoms with E-state index in [0.717, 1.165) is 6.42 Å². The molecule has 5 nitrogen and oxygen atoms in total. The lowest BCUT2D eigenvalue weighted by Gasteiger charge is -2.39. The molecule has 7 heteroatoms. The summed E-state index contributed by atoms with van der Waals surface area (Å²) < 4.78 is 39.8. The first-order valence-electron chi connectivity index (χ1n) is 10.4. The Balaban J connectivity index is 2.16. The monoisotopic (exact) mass is 426 g/mol. The first kappa shape index (κ1) is 24.1. The molecule has 1 aliphatic rings. The van der Waals surface area contributed by atoms with Crippen molar-refractivity contribution in [1.29, 1.82) is 0 Å². The highest BCUT2D eigenvalue weighted by atomic mass is 19.3. The summed E-state index contributed by atoms with van der Waals surface area (Å²) in [4.78, 5) is 23.7. The van der Waals surface area contributed by atoms with E-state index in [9.17, 15) is 18.4 Å². The zero-order valence-corrected chi connectivity index (χ0v) is 18.3. The summed E-state index contributed by atoms with van der Waals surface area (Å²) in [5, 5.41) is 8.98. The molecule has 0 aliphatic heterocycles. The number of ether oxygens (including phenoxy) is 2. The molecule has 0 amide bonds. The molecule has 2 rings (SSSR count). The van der Waals surface area contributed by atoms with Crippen molar-refractivity contribution in [3.05, 3.63) is 29.8 Å². The van der Waals surface area contributed by atoms with Crippen LogP contribution in [0.1, 0.15) is 77.1 Å². The van der Waals surface area contributed by atoms with Gasteiger partial charge in [0.1, 0.15) is 11.4 Å². The van der Waals surface area contributed by atoms with Crippen LogP contribution in [0, 0.1) is 11.3 Å². The van der Waals surface area contributed by atoms with Crippen molar-refractivity contribution in [2.45, 2.75) is 84.4 Å². The molecule has 1 unspecified atom stereocenters. The first-order valence-corrected chi connectivity index (χ1v) is 10.4. The van der Waals surface area contributed by atoms with Gasteiger partial charge in [0.15, 0.2) is 6.10 Å². The SMILES string of the molecule is CC(C)(C)C(C)(C)Oc1ccc(C(=O)OC(C2CCCCC2)C(F)(F)C(=O)O)cc1. The second-order valence-corrected chi connectivity index (χ2v) is 9.54. The number of carbonyl (C=O) groups excluding carboxylic acids is 1. The maximum Gasteiger partial charge on any atom is 0.378 e. The second-order valence-electron chi connectivity index (χ2n) is 9.54. The number of rotatable bonds is 7. The van der Waals surface area contributed by atoms with Crippen LogP contribution in [0.25, 0.3) is 0 Å². The van der Waals surface area contributed by atoms with Crippen molar-refractivity contribution in [2.24, 2.45) is 11.3 Å². The largest absolute Gasteiger partial charge is 0.487 e. The third-order valence-corrected chi connectivity index (χ3v) is 6.22. The quantitative estimate of drug-likeness (QED) is 0.565. The van der Waals surface area contributed by atoms with Crippen molar-refractivity contribution < 1.29 is 33.0 Å². The molecule has 1 N–H and O–H groups in total. The Bertz CT molecular complexity index is 744. The van der Waals surface area contributed by atoms with Gasteiger partial charge in [-0.25, -0.2) is 9.59 Å². The van der Waals surface area contributed by atoms with Gasteiger partial charge >= 0.3 is 17.9 Å². The van der Waals surface area contributed by atoms with E-state index < -0.39 is 35.5 Å². The summed E-state index contributed by atoms with van der Waals surface area (Å²) in [6.45, 7) is 10.1. The lowest BCUT2D eigenvalue weighted by Crippen LogP contribution is -2.48. The standard InChI is InChI=1S/C23H32F2O5/c1-21(2,3)22(4,5)30-17-13-11-16(12-14-17)19(26)29-18(23(24,25)20(27)28)15-9-7-6-8-10-15/h11-15,18H,6-10H2,1-5H3,(H,27,28). The molecule has 1 aliphatic carbocycles. The summed E-state index contributed by atoms with van der Waals surface area (Å²) in [6.07, 6.45) is 1.17. The van der Waals surface area contributed by atoms with Crippen LogP contribution >= 0.6 is 0 Å². The molecule has 1 saturated carbocycles. The van der Waals surface area contributed by atoms with Crippen molar-refractivity contribution in [1.82, 2.24) is 0 Å². The van der Waals surface area contributed by atoms with Gasteiger partial charge < -0.3 is 14.6 Å². The fourth-order valence-electron chi connectivity index (χ4n) is 3.32. The van der Waals surface area contributed by atoms with E-state index in [1.165, 1.54) is 12.1 Å². The van der Waals surface area contributed by atoms with Crippen LogP contribution in [0.3, 0.4) is 0 Å². The predicted octanol–water partition coefficient (Wildman–Crippen LogP) is 5.72. The maximum absolute atomic E-state index is 14.3. The summed E-state index contributed by atoms with van der Waals surface area (Å²) in [5.74, 6) is -7.53. The molecular weight excluding hydrogens is 394 g/mol. The number of halogens is 2. The van der Waals surface area contributed by atoms with Gasteiger partial charge in [0, 0.05) is 11.3 Å². The fourth-order valence-corrected chi connectivity index (χ4v) is 3.32. The third-order valence-electron chi connectivity index (χ3n) is 6.22. The molecule has 0 spiro atoms. The van der Waals surface area contributed by atoms with E-state index in [0.29, 0.717) is 31.4 Å². The number of benzene rings is 1. The Labute approximate surface area is 176 Å². The average Bonchev–Trinajstić information content (AvgIpc) is 2.65. The molecule has 168 valence electrons. The van der Waals surface area contributed by atoms with Crippen LogP contribution in [0.15, 0.2) is 24.3 Å². The van der Waals surface area contributed by atoms with Crippen LogP contribution < -0.4 is 4.74 Å². The number of hydrogen-bond acceptors (Lipinski definition) is 4. The van der Waals surface area contributed by atoms with E-state index in [1.54, 1.807) is 12.1 Å². The molecule has 1 aromatic rings. The molecule has 0 radical (unpaired) electrons. The molecule has 0 bridgehead atoms. The Hall–Kier alpha value is -2.18. The Kier molecular flexibility index (Phi) is 7.15. The lowest BCUT2D eigenvalue weighted by molar-refractivity contribution is -0.189. The minimum Gasteiger partial charge on any atom is -0.487 e. The van der Waals surface area contributed by atoms with Gasteiger partial charge in [0.05, 0.1) is 5.56 Å². The minimum absolute atomic E-state index is 0.0675. The summed E-state index contributed by atoms with van der Waals surface area (Å²) in [6, 6.07) is 6.03. The Morgan fingerprint density at radius 1 is 1.00 bits per heavy atom. The molecule has 1 aromatic carbocycles. The molecule has 1 fully saturated rings. The molecule has 30 heavy (non-hydrogen) atoms. The third kappa shape index (κ3) is 5.49. The zero-order valence-electron chi connectivity index (χ0n) is 18.3. The zero-order chi connectivity index (χ0) is 22.7. The van der Waals surface area contributed by atoms with Crippen molar-refractivity contribution in [3.63, 3.8) is 0 Å². The number of carboxylic acids is 1. The van der Waals surface area contributed by atoms with Crippen LogP contribution in [-0.4, -0.2) is 34.7 Å². The van der Waals surface area contributed by atoms with E-state index >= 15 is 0 Å². The minimum atomic E-state index is -4.14. The highest BCUT2D eigenvalue weighted by Gasteiger charge is 2.53. The molecule has 0 heterocycles. The highest BCUT2D eigenvalue weighted by Crippen LogP contribution is 2.37. The molecule has 0 aromatic heterocycles. The van der Waals surface area contributed by atoms with Crippen molar-refractivity contribution in [2.75, 3.05) is 0 Å². The van der Waals surface area contributed by atoms with Crippen molar-refractivity contribution in [3.8, 4) is 5.75 Å². The Morgan fingerprint density at radius 2 is 1.53 bits per heavy atom. The van der Waals surface area contributed by atoms with Gasteiger partial charge in [0.25, 0.3) is 0 Å². The summed E-state index contributed by atoms with van der Waals surface area (Å²) in [7, 11) is 0. The number of aliphatic carboxylic acids is 1. The number of esters is 1. The van der Waals surface area contributed by atoms with Gasteiger partial charge in [0.2, 0.25) is 0 Å². The normalized spacial score (nSPS) is 17.3. The van der Waals surface area contributed by atoms with E-state index in [1.807, 2.05) is 34.6 Å². The van der Waals surface area contributed by atoms with E-state index in [4.69, 9.17) is 14.6 Å². The maximum atomic E-state index is 14.3. The van der Waals surface area contributed by atoms with E-state index in [2.05, 4.69) is 0 Å². The average molecular weight is 427 g/mol. The molecule has 0 saturated heterocycles. The second kappa shape index (κ2) is 8.90. The van der Waals surface area contributed by atoms with Crippen LogP contribution in [0.2, 0.25) is 0 Å². The number of carboxylic acid groups (broad SMARTS) is 1. The number of alkyl halides is 2. The topological polar surface area (TPSA) is 72.8 Å². The summed E-state index contributed by atoms with van der Waals surface area (Å²) >= 11 is 0. The van der Waals surface area contributed by atoms with Gasteiger partial charge in [-0.3, -0.25) is 0 Å². The number of hydrogen-bond donors (Lipinski definition) is 1. The van der Waals surface area contributed by atoms with Crippen LogP contribution in [0.5, 0.6) is 5.75 Å². The molecule has 1 atom stereocenters. The summed E-state index contributed by atoms with van der Waals surface area (Å²) in [5.41, 5.74) is -0.553. The lowest BCUT2D eigenvalue weighted by atomic mass is 9.79. The highest BCUT2D eigenvalue weighted by molar-refractivity contribution is 5.90.